The van der Waals surface area contributed by atoms with Gasteiger partial charge in [-0.25, -0.2) is 0 Å². The summed E-state index contributed by atoms with van der Waals surface area (Å²) >= 11 is 0. The predicted molar refractivity (Wildman–Crippen MR) is 76.9 cm³/mol. The summed E-state index contributed by atoms with van der Waals surface area (Å²) in [7, 11) is 3.86. The van der Waals surface area contributed by atoms with Crippen LogP contribution in [0.5, 0.6) is 0 Å². The number of hydrogen-bond donors (Lipinski definition) is 1. The molecule has 0 saturated heterocycles. The van der Waals surface area contributed by atoms with Gasteiger partial charge >= 0.3 is 0 Å². The van der Waals surface area contributed by atoms with Crippen LogP contribution in [0.15, 0.2) is 24.5 Å². The van der Waals surface area contributed by atoms with E-state index in [4.69, 9.17) is 0 Å². The van der Waals surface area contributed by atoms with Gasteiger partial charge in [0, 0.05) is 39.0 Å². The second-order valence-corrected chi connectivity index (χ2v) is 4.88. The minimum Gasteiger partial charge on any atom is -0.350 e. The van der Waals surface area contributed by atoms with E-state index in [9.17, 15) is 9.59 Å². The Balaban J connectivity index is 2.40. The standard InChI is InChI=1S/C14H22N4O2/c1-12(19)18(8-7-17(2)3)11-14(20)16-10-13-5-4-6-15-9-13/h4-6,9H,7-8,10-11H2,1-3H3,(H,16,20). The lowest BCUT2D eigenvalue weighted by Crippen LogP contribution is -2.42. The second kappa shape index (κ2) is 8.27. The van der Waals surface area contributed by atoms with Crippen molar-refractivity contribution in [1.29, 1.82) is 0 Å². The van der Waals surface area contributed by atoms with Crippen LogP contribution in [0.3, 0.4) is 0 Å². The van der Waals surface area contributed by atoms with E-state index < -0.39 is 0 Å². The van der Waals surface area contributed by atoms with Gasteiger partial charge in [-0.2, -0.15) is 0 Å². The quantitative estimate of drug-likeness (QED) is 0.769. The molecule has 110 valence electrons. The molecule has 0 aliphatic carbocycles. The van der Waals surface area contributed by atoms with Crippen LogP contribution in [-0.2, 0) is 16.1 Å². The van der Waals surface area contributed by atoms with Crippen LogP contribution in [0.2, 0.25) is 0 Å². The number of likely N-dealkylation sites (N-methyl/N-ethyl adjacent to an activating group) is 1. The number of carbonyl (C=O) groups is 2. The Hall–Kier alpha value is -1.95. The van der Waals surface area contributed by atoms with E-state index in [1.54, 1.807) is 17.3 Å². The van der Waals surface area contributed by atoms with Crippen LogP contribution in [0.1, 0.15) is 12.5 Å². The smallest absolute Gasteiger partial charge is 0.239 e. The maximum absolute atomic E-state index is 11.8. The first-order valence-corrected chi connectivity index (χ1v) is 6.55. The summed E-state index contributed by atoms with van der Waals surface area (Å²) in [6, 6.07) is 3.71. The highest BCUT2D eigenvalue weighted by Gasteiger charge is 2.13. The largest absolute Gasteiger partial charge is 0.350 e. The maximum atomic E-state index is 11.8. The van der Waals surface area contributed by atoms with Gasteiger partial charge in [0.2, 0.25) is 11.8 Å². The average molecular weight is 278 g/mol. The minimum absolute atomic E-state index is 0.0867. The van der Waals surface area contributed by atoms with Crippen molar-refractivity contribution in [3.63, 3.8) is 0 Å². The van der Waals surface area contributed by atoms with Crippen molar-refractivity contribution in [2.75, 3.05) is 33.7 Å². The van der Waals surface area contributed by atoms with E-state index >= 15 is 0 Å². The van der Waals surface area contributed by atoms with Gasteiger partial charge in [0.05, 0.1) is 6.54 Å². The number of nitrogens with zero attached hydrogens (tertiary/aromatic N) is 3. The third kappa shape index (κ3) is 6.29. The third-order valence-electron chi connectivity index (χ3n) is 2.81. The van der Waals surface area contributed by atoms with Crippen molar-refractivity contribution in [3.05, 3.63) is 30.1 Å². The number of rotatable bonds is 7. The highest BCUT2D eigenvalue weighted by Crippen LogP contribution is 1.95. The number of amides is 2. The Morgan fingerprint density at radius 3 is 2.60 bits per heavy atom. The molecule has 6 nitrogen and oxygen atoms in total. The molecule has 0 aliphatic heterocycles. The number of nitrogens with one attached hydrogen (secondary N) is 1. The normalized spacial score (nSPS) is 10.4. The van der Waals surface area contributed by atoms with Gasteiger partial charge in [0.1, 0.15) is 0 Å². The van der Waals surface area contributed by atoms with Crippen molar-refractivity contribution >= 4 is 11.8 Å². The molecular formula is C14H22N4O2. The van der Waals surface area contributed by atoms with Crippen molar-refractivity contribution < 1.29 is 9.59 Å². The lowest BCUT2D eigenvalue weighted by molar-refractivity contribution is -0.134. The molecule has 20 heavy (non-hydrogen) atoms. The molecule has 0 saturated carbocycles. The first-order chi connectivity index (χ1) is 9.49. The summed E-state index contributed by atoms with van der Waals surface area (Å²) in [5.41, 5.74) is 0.934. The zero-order valence-corrected chi connectivity index (χ0v) is 12.3. The Morgan fingerprint density at radius 1 is 1.30 bits per heavy atom. The van der Waals surface area contributed by atoms with Gasteiger partial charge in [-0.15, -0.1) is 0 Å². The summed E-state index contributed by atoms with van der Waals surface area (Å²) in [6.45, 7) is 3.26. The van der Waals surface area contributed by atoms with E-state index in [1.807, 2.05) is 31.1 Å². The Morgan fingerprint density at radius 2 is 2.05 bits per heavy atom. The molecular weight excluding hydrogens is 256 g/mol. The summed E-state index contributed by atoms with van der Waals surface area (Å²) in [4.78, 5) is 30.8. The van der Waals surface area contributed by atoms with Crippen molar-refractivity contribution in [3.8, 4) is 0 Å². The van der Waals surface area contributed by atoms with E-state index in [2.05, 4.69) is 10.3 Å². The number of pyridine rings is 1. The van der Waals surface area contributed by atoms with E-state index in [-0.39, 0.29) is 18.4 Å². The molecule has 0 unspecified atom stereocenters. The topological polar surface area (TPSA) is 65.5 Å². The SMILES string of the molecule is CC(=O)N(CCN(C)C)CC(=O)NCc1cccnc1. The predicted octanol–water partition coefficient (Wildman–Crippen LogP) is 0.108. The molecule has 1 aromatic rings. The van der Waals surface area contributed by atoms with Crippen LogP contribution in [0.25, 0.3) is 0 Å². The summed E-state index contributed by atoms with van der Waals surface area (Å²) < 4.78 is 0. The molecule has 0 bridgehead atoms. The van der Waals surface area contributed by atoms with Crippen LogP contribution in [-0.4, -0.2) is 60.3 Å². The molecule has 1 N–H and O–H groups in total. The summed E-state index contributed by atoms with van der Waals surface area (Å²) in [5, 5.41) is 2.79. The molecule has 1 heterocycles. The summed E-state index contributed by atoms with van der Waals surface area (Å²) in [6.07, 6.45) is 3.39. The average Bonchev–Trinajstić information content (AvgIpc) is 2.41. The second-order valence-electron chi connectivity index (χ2n) is 4.88. The van der Waals surface area contributed by atoms with E-state index in [0.29, 0.717) is 13.1 Å². The van der Waals surface area contributed by atoms with Gasteiger partial charge < -0.3 is 15.1 Å². The molecule has 6 heteroatoms. The van der Waals surface area contributed by atoms with Gasteiger partial charge in [0.15, 0.2) is 0 Å². The number of aromatic nitrogens is 1. The number of hydrogen-bond acceptors (Lipinski definition) is 4. The van der Waals surface area contributed by atoms with Crippen LogP contribution >= 0.6 is 0 Å². The molecule has 1 rings (SSSR count). The Kier molecular flexibility index (Phi) is 6.66. The van der Waals surface area contributed by atoms with Gasteiger partial charge in [0.25, 0.3) is 0 Å². The van der Waals surface area contributed by atoms with Crippen LogP contribution < -0.4 is 5.32 Å². The molecule has 2 amide bonds. The van der Waals surface area contributed by atoms with Crippen molar-refractivity contribution in [2.45, 2.75) is 13.5 Å². The third-order valence-corrected chi connectivity index (χ3v) is 2.81. The molecule has 0 fully saturated rings. The van der Waals surface area contributed by atoms with Gasteiger partial charge in [-0.1, -0.05) is 6.07 Å². The van der Waals surface area contributed by atoms with E-state index in [1.165, 1.54) is 6.92 Å². The molecule has 0 aromatic carbocycles. The maximum Gasteiger partial charge on any atom is 0.239 e. The lowest BCUT2D eigenvalue weighted by Gasteiger charge is -2.22. The highest BCUT2D eigenvalue weighted by molar-refractivity contribution is 5.83. The van der Waals surface area contributed by atoms with E-state index in [0.717, 1.165) is 12.1 Å². The summed E-state index contributed by atoms with van der Waals surface area (Å²) in [5.74, 6) is -0.258. The lowest BCUT2D eigenvalue weighted by atomic mass is 10.3. The first-order valence-electron chi connectivity index (χ1n) is 6.55. The Labute approximate surface area is 119 Å². The van der Waals surface area contributed by atoms with Gasteiger partial charge in [-0.05, 0) is 25.7 Å². The zero-order valence-electron chi connectivity index (χ0n) is 12.3. The van der Waals surface area contributed by atoms with Crippen molar-refractivity contribution in [1.82, 2.24) is 20.1 Å². The molecule has 0 aliphatic rings. The number of carbonyl (C=O) groups excluding carboxylic acids is 2. The van der Waals surface area contributed by atoms with Gasteiger partial charge in [-0.3, -0.25) is 14.6 Å². The molecule has 0 radical (unpaired) electrons. The Bertz CT molecular complexity index is 434. The van der Waals surface area contributed by atoms with Crippen LogP contribution in [0.4, 0.5) is 0 Å². The minimum atomic E-state index is -0.164. The monoisotopic (exact) mass is 278 g/mol. The van der Waals surface area contributed by atoms with Crippen LogP contribution in [0, 0.1) is 0 Å². The fourth-order valence-corrected chi connectivity index (χ4v) is 1.60. The molecule has 0 spiro atoms. The highest BCUT2D eigenvalue weighted by atomic mass is 16.2. The molecule has 1 aromatic heterocycles. The molecule has 0 atom stereocenters. The zero-order chi connectivity index (χ0) is 15.0. The first kappa shape index (κ1) is 16.1. The fraction of sp³-hybridized carbons (Fsp3) is 0.500. The van der Waals surface area contributed by atoms with Crippen molar-refractivity contribution in [2.24, 2.45) is 0 Å². The fourth-order valence-electron chi connectivity index (χ4n) is 1.60.